The zero-order chi connectivity index (χ0) is 20.7. The maximum atomic E-state index is 13.0. The standard InChI is InChI=1S/C22H23N3O4/c1-12-9-13(2)21(27)16(10-12)18-17-19(24-23-18)22(28)25(7-8-26)20(17)14-5-4-6-15(11-14)29-3/h4-6,9-11,20,26-27H,7-8H2,1-3H3,(H,23,24)/t20-/m0/s1. The van der Waals surface area contributed by atoms with Crippen molar-refractivity contribution in [2.45, 2.75) is 19.9 Å². The second-order valence-corrected chi connectivity index (χ2v) is 7.24. The van der Waals surface area contributed by atoms with E-state index in [0.29, 0.717) is 28.3 Å². The highest BCUT2D eigenvalue weighted by Gasteiger charge is 2.42. The Kier molecular flexibility index (Phi) is 4.76. The first-order chi connectivity index (χ1) is 14.0. The van der Waals surface area contributed by atoms with Crippen LogP contribution in [-0.2, 0) is 0 Å². The number of carbonyl (C=O) groups is 1. The number of benzene rings is 2. The highest BCUT2D eigenvalue weighted by molar-refractivity contribution is 6.00. The molecule has 1 atom stereocenters. The van der Waals surface area contributed by atoms with Gasteiger partial charge in [-0.1, -0.05) is 18.2 Å². The van der Waals surface area contributed by atoms with E-state index in [2.05, 4.69) is 10.2 Å². The van der Waals surface area contributed by atoms with Gasteiger partial charge in [-0.3, -0.25) is 9.89 Å². The van der Waals surface area contributed by atoms with Crippen LogP contribution >= 0.6 is 0 Å². The summed E-state index contributed by atoms with van der Waals surface area (Å²) < 4.78 is 5.36. The van der Waals surface area contributed by atoms with Crippen LogP contribution in [0.4, 0.5) is 0 Å². The number of H-pyrrole nitrogens is 1. The number of aliphatic hydroxyl groups excluding tert-OH is 1. The highest BCUT2D eigenvalue weighted by Crippen LogP contribution is 2.45. The van der Waals surface area contributed by atoms with Crippen molar-refractivity contribution in [3.8, 4) is 22.8 Å². The third-order valence-electron chi connectivity index (χ3n) is 5.31. The van der Waals surface area contributed by atoms with Crippen LogP contribution in [0.3, 0.4) is 0 Å². The Hall–Kier alpha value is -3.32. The maximum absolute atomic E-state index is 13.0. The van der Waals surface area contributed by atoms with Gasteiger partial charge in [0.25, 0.3) is 5.91 Å². The SMILES string of the molecule is COc1cccc([C@H]2c3c(-c4cc(C)cc(C)c4O)n[nH]c3C(=O)N2CCO)c1. The number of aromatic hydroxyl groups is 1. The van der Waals surface area contributed by atoms with E-state index in [9.17, 15) is 15.0 Å². The Morgan fingerprint density at radius 2 is 2.03 bits per heavy atom. The molecule has 150 valence electrons. The van der Waals surface area contributed by atoms with E-state index in [1.54, 1.807) is 12.0 Å². The normalized spacial score (nSPS) is 15.7. The summed E-state index contributed by atoms with van der Waals surface area (Å²) in [6.07, 6.45) is 0. The number of carbonyl (C=O) groups excluding carboxylic acids is 1. The molecule has 0 fully saturated rings. The van der Waals surface area contributed by atoms with Crippen LogP contribution in [0.5, 0.6) is 11.5 Å². The van der Waals surface area contributed by atoms with Gasteiger partial charge < -0.3 is 19.8 Å². The van der Waals surface area contributed by atoms with E-state index in [0.717, 1.165) is 16.7 Å². The molecule has 0 aliphatic carbocycles. The molecule has 1 aromatic heterocycles. The summed E-state index contributed by atoms with van der Waals surface area (Å²) in [5.74, 6) is 0.582. The molecule has 1 aliphatic heterocycles. The lowest BCUT2D eigenvalue weighted by molar-refractivity contribution is 0.0706. The van der Waals surface area contributed by atoms with Crippen molar-refractivity contribution in [1.29, 1.82) is 0 Å². The van der Waals surface area contributed by atoms with Gasteiger partial charge in [-0.15, -0.1) is 0 Å². The van der Waals surface area contributed by atoms with Gasteiger partial charge in [0, 0.05) is 17.7 Å². The number of amides is 1. The first kappa shape index (κ1) is 19.0. The summed E-state index contributed by atoms with van der Waals surface area (Å²) in [5, 5.41) is 27.5. The fourth-order valence-electron chi connectivity index (χ4n) is 4.04. The van der Waals surface area contributed by atoms with Crippen LogP contribution in [0.15, 0.2) is 36.4 Å². The summed E-state index contributed by atoms with van der Waals surface area (Å²) >= 11 is 0. The number of fused-ring (bicyclic) bond motifs is 1. The molecular formula is C22H23N3O4. The quantitative estimate of drug-likeness (QED) is 0.619. The minimum Gasteiger partial charge on any atom is -0.507 e. The van der Waals surface area contributed by atoms with Gasteiger partial charge in [-0.05, 0) is 48.7 Å². The zero-order valence-electron chi connectivity index (χ0n) is 16.6. The van der Waals surface area contributed by atoms with E-state index in [4.69, 9.17) is 4.74 Å². The Labute approximate surface area is 168 Å². The molecule has 1 amide bonds. The van der Waals surface area contributed by atoms with Gasteiger partial charge >= 0.3 is 0 Å². The van der Waals surface area contributed by atoms with E-state index >= 15 is 0 Å². The Morgan fingerprint density at radius 1 is 1.24 bits per heavy atom. The second kappa shape index (κ2) is 7.25. The Bertz CT molecular complexity index is 1090. The summed E-state index contributed by atoms with van der Waals surface area (Å²) in [4.78, 5) is 14.7. The number of aromatic nitrogens is 2. The van der Waals surface area contributed by atoms with Crippen molar-refractivity contribution in [3.63, 3.8) is 0 Å². The summed E-state index contributed by atoms with van der Waals surface area (Å²) in [6.45, 7) is 3.81. The fourth-order valence-corrected chi connectivity index (χ4v) is 4.04. The minimum atomic E-state index is -0.450. The van der Waals surface area contributed by atoms with Crippen molar-refractivity contribution in [2.75, 3.05) is 20.3 Å². The van der Waals surface area contributed by atoms with Crippen LogP contribution in [0.25, 0.3) is 11.3 Å². The maximum Gasteiger partial charge on any atom is 0.273 e. The van der Waals surface area contributed by atoms with Gasteiger partial charge in [0.2, 0.25) is 0 Å². The summed E-state index contributed by atoms with van der Waals surface area (Å²) in [6, 6.07) is 10.8. The molecule has 3 N–H and O–H groups in total. The second-order valence-electron chi connectivity index (χ2n) is 7.24. The number of methoxy groups -OCH3 is 1. The molecule has 0 radical (unpaired) electrons. The molecule has 0 spiro atoms. The predicted molar refractivity (Wildman–Crippen MR) is 108 cm³/mol. The van der Waals surface area contributed by atoms with Crippen molar-refractivity contribution >= 4 is 5.91 Å². The molecule has 0 saturated heterocycles. The highest BCUT2D eigenvalue weighted by atomic mass is 16.5. The topological polar surface area (TPSA) is 98.7 Å². The van der Waals surface area contributed by atoms with Crippen molar-refractivity contribution in [1.82, 2.24) is 15.1 Å². The first-order valence-electron chi connectivity index (χ1n) is 9.40. The van der Waals surface area contributed by atoms with Gasteiger partial charge in [0.05, 0.1) is 19.8 Å². The predicted octanol–water partition coefficient (Wildman–Crippen LogP) is 2.95. The minimum absolute atomic E-state index is 0.141. The number of phenols is 1. The smallest absolute Gasteiger partial charge is 0.273 e. The van der Waals surface area contributed by atoms with Crippen molar-refractivity contribution in [2.24, 2.45) is 0 Å². The van der Waals surface area contributed by atoms with Gasteiger partial charge in [0.1, 0.15) is 22.9 Å². The van der Waals surface area contributed by atoms with E-state index < -0.39 is 6.04 Å². The molecular weight excluding hydrogens is 370 g/mol. The molecule has 2 heterocycles. The average molecular weight is 393 g/mol. The van der Waals surface area contributed by atoms with Crippen LogP contribution in [0.2, 0.25) is 0 Å². The lowest BCUT2D eigenvalue weighted by Crippen LogP contribution is -2.32. The summed E-state index contributed by atoms with van der Waals surface area (Å²) in [5.41, 5.74) is 4.75. The number of nitrogens with one attached hydrogen (secondary N) is 1. The lowest BCUT2D eigenvalue weighted by Gasteiger charge is -2.26. The van der Waals surface area contributed by atoms with Crippen LogP contribution in [0.1, 0.15) is 38.8 Å². The number of phenolic OH excluding ortho intramolecular Hbond substituents is 1. The number of nitrogens with zero attached hydrogens (tertiary/aromatic N) is 2. The number of aryl methyl sites for hydroxylation is 2. The number of ether oxygens (including phenoxy) is 1. The van der Waals surface area contributed by atoms with E-state index in [-0.39, 0.29) is 24.8 Å². The first-order valence-corrected chi connectivity index (χ1v) is 9.40. The summed E-state index contributed by atoms with van der Waals surface area (Å²) in [7, 11) is 1.59. The van der Waals surface area contributed by atoms with Crippen LogP contribution in [0, 0.1) is 13.8 Å². The van der Waals surface area contributed by atoms with Crippen LogP contribution < -0.4 is 4.74 Å². The molecule has 29 heavy (non-hydrogen) atoms. The molecule has 3 aromatic rings. The number of rotatable bonds is 5. The molecule has 0 unspecified atom stereocenters. The molecule has 0 bridgehead atoms. The van der Waals surface area contributed by atoms with E-state index in [1.807, 2.05) is 50.2 Å². The number of hydrogen-bond donors (Lipinski definition) is 3. The molecule has 1 aliphatic rings. The Morgan fingerprint density at radius 3 is 2.76 bits per heavy atom. The fraction of sp³-hybridized carbons (Fsp3) is 0.273. The zero-order valence-corrected chi connectivity index (χ0v) is 16.6. The van der Waals surface area contributed by atoms with Crippen molar-refractivity contribution < 1.29 is 19.7 Å². The third-order valence-corrected chi connectivity index (χ3v) is 5.31. The number of aromatic amines is 1. The number of β-amino-alcohol motifs (C(OH)–C–C–N with tert-alkyl or cyclic N) is 1. The Balaban J connectivity index is 1.94. The molecule has 7 heteroatoms. The monoisotopic (exact) mass is 393 g/mol. The lowest BCUT2D eigenvalue weighted by atomic mass is 9.94. The number of aliphatic hydroxyl groups is 1. The van der Waals surface area contributed by atoms with Crippen LogP contribution in [-0.4, -0.2) is 51.5 Å². The van der Waals surface area contributed by atoms with E-state index in [1.165, 1.54) is 0 Å². The van der Waals surface area contributed by atoms with Gasteiger partial charge in [-0.2, -0.15) is 5.10 Å². The molecule has 2 aromatic carbocycles. The van der Waals surface area contributed by atoms with Gasteiger partial charge in [-0.25, -0.2) is 0 Å². The average Bonchev–Trinajstić information content (AvgIpc) is 3.25. The largest absolute Gasteiger partial charge is 0.507 e. The molecule has 0 saturated carbocycles. The van der Waals surface area contributed by atoms with Gasteiger partial charge in [0.15, 0.2) is 0 Å². The molecule has 7 nitrogen and oxygen atoms in total. The number of hydrogen-bond acceptors (Lipinski definition) is 5. The molecule has 4 rings (SSSR count). The van der Waals surface area contributed by atoms with Crippen molar-refractivity contribution in [3.05, 3.63) is 64.3 Å². The third kappa shape index (κ3) is 3.03.